The largest absolute Gasteiger partial charge is 0.508 e. The van der Waals surface area contributed by atoms with Gasteiger partial charge in [0, 0.05) is 5.41 Å². The zero-order valence-corrected chi connectivity index (χ0v) is 19.2. The van der Waals surface area contributed by atoms with Crippen molar-refractivity contribution in [2.45, 2.75) is 85.0 Å². The van der Waals surface area contributed by atoms with Crippen LogP contribution in [0, 0.1) is 19.3 Å². The molecular formula is C27H36O3. The summed E-state index contributed by atoms with van der Waals surface area (Å²) in [6, 6.07) is 12.3. The van der Waals surface area contributed by atoms with Crippen LogP contribution in [0.1, 0.15) is 88.0 Å². The molecule has 0 atom stereocenters. The summed E-state index contributed by atoms with van der Waals surface area (Å²) in [4.78, 5) is 12.7. The molecule has 0 aromatic heterocycles. The maximum Gasteiger partial charge on any atom is 0.317 e. The maximum atomic E-state index is 12.7. The van der Waals surface area contributed by atoms with Gasteiger partial charge in [-0.1, -0.05) is 57.4 Å². The summed E-state index contributed by atoms with van der Waals surface area (Å²) in [5, 5.41) is 10.0. The molecule has 162 valence electrons. The van der Waals surface area contributed by atoms with Crippen LogP contribution in [0.15, 0.2) is 36.4 Å². The number of hydrogen-bond donors (Lipinski definition) is 1. The first-order chi connectivity index (χ1) is 14.3. The number of aromatic hydroxyl groups is 1. The predicted molar refractivity (Wildman–Crippen MR) is 122 cm³/mol. The van der Waals surface area contributed by atoms with Gasteiger partial charge < -0.3 is 9.84 Å². The Labute approximate surface area is 181 Å². The van der Waals surface area contributed by atoms with Crippen molar-refractivity contribution in [3.8, 4) is 11.5 Å². The summed E-state index contributed by atoms with van der Waals surface area (Å²) < 4.78 is 5.84. The van der Waals surface area contributed by atoms with Crippen LogP contribution in [0.3, 0.4) is 0 Å². The van der Waals surface area contributed by atoms with Gasteiger partial charge in [-0.25, -0.2) is 0 Å². The highest BCUT2D eigenvalue weighted by molar-refractivity contribution is 5.79. The average molecular weight is 409 g/mol. The van der Waals surface area contributed by atoms with Gasteiger partial charge in [-0.05, 0) is 80.8 Å². The lowest BCUT2D eigenvalue weighted by Gasteiger charge is -2.39. The number of phenolic OH excluding ortho intramolecular Hbond substituents is 1. The Bertz CT molecular complexity index is 902. The van der Waals surface area contributed by atoms with Crippen LogP contribution in [-0.4, -0.2) is 11.1 Å². The molecule has 1 N–H and O–H groups in total. The number of esters is 1. The van der Waals surface area contributed by atoms with Gasteiger partial charge >= 0.3 is 5.97 Å². The molecule has 1 aliphatic carbocycles. The number of hydrogen-bond acceptors (Lipinski definition) is 3. The van der Waals surface area contributed by atoms with Crippen LogP contribution in [0.2, 0.25) is 0 Å². The van der Waals surface area contributed by atoms with Crippen LogP contribution in [0.4, 0.5) is 0 Å². The lowest BCUT2D eigenvalue weighted by Crippen LogP contribution is -2.32. The number of phenols is 1. The molecule has 0 bridgehead atoms. The molecule has 0 radical (unpaired) electrons. The fraction of sp³-hybridized carbons (Fsp3) is 0.519. The minimum Gasteiger partial charge on any atom is -0.508 e. The third-order valence-corrected chi connectivity index (χ3v) is 7.44. The van der Waals surface area contributed by atoms with Crippen molar-refractivity contribution in [3.05, 3.63) is 58.7 Å². The molecule has 0 amide bonds. The summed E-state index contributed by atoms with van der Waals surface area (Å²) in [5.41, 5.74) is 3.96. The Hall–Kier alpha value is -2.29. The third kappa shape index (κ3) is 4.12. The summed E-state index contributed by atoms with van der Waals surface area (Å²) in [6.45, 7) is 10.0. The lowest BCUT2D eigenvalue weighted by atomic mass is 9.65. The van der Waals surface area contributed by atoms with Gasteiger partial charge in [-0.15, -0.1) is 0 Å². The summed E-state index contributed by atoms with van der Waals surface area (Å²) in [7, 11) is 0. The standard InChI is InChI=1S/C27H36O3/c1-6-26(5,7-2)25(29)30-24-14-12-22(18-20(24)4)27(15-9-8-10-16-27)21-11-13-23(28)19(3)17-21/h11-14,17-18,28H,6-10,15-16H2,1-5H3. The summed E-state index contributed by atoms with van der Waals surface area (Å²) in [5.74, 6) is 0.854. The van der Waals surface area contributed by atoms with Crippen LogP contribution in [-0.2, 0) is 10.2 Å². The molecule has 0 aliphatic heterocycles. The molecule has 3 rings (SSSR count). The zero-order valence-electron chi connectivity index (χ0n) is 19.2. The second kappa shape index (κ2) is 8.83. The first-order valence-electron chi connectivity index (χ1n) is 11.4. The highest BCUT2D eigenvalue weighted by Crippen LogP contribution is 2.46. The minimum atomic E-state index is -0.445. The Morgan fingerprint density at radius 1 is 0.967 bits per heavy atom. The van der Waals surface area contributed by atoms with E-state index in [4.69, 9.17) is 4.74 Å². The Balaban J connectivity index is 1.97. The molecule has 2 aromatic rings. The smallest absolute Gasteiger partial charge is 0.317 e. The zero-order chi connectivity index (χ0) is 21.9. The molecule has 3 heteroatoms. The number of rotatable bonds is 6. The van der Waals surface area contributed by atoms with E-state index in [9.17, 15) is 9.90 Å². The highest BCUT2D eigenvalue weighted by Gasteiger charge is 2.37. The van der Waals surface area contributed by atoms with Gasteiger partial charge in [0.25, 0.3) is 0 Å². The van der Waals surface area contributed by atoms with E-state index >= 15 is 0 Å². The van der Waals surface area contributed by atoms with Crippen molar-refractivity contribution in [3.63, 3.8) is 0 Å². The van der Waals surface area contributed by atoms with Crippen LogP contribution >= 0.6 is 0 Å². The Morgan fingerprint density at radius 2 is 1.53 bits per heavy atom. The fourth-order valence-corrected chi connectivity index (χ4v) is 4.68. The molecule has 1 aliphatic rings. The van der Waals surface area contributed by atoms with Gasteiger partial charge in [0.05, 0.1) is 5.41 Å². The lowest BCUT2D eigenvalue weighted by molar-refractivity contribution is -0.145. The predicted octanol–water partition coefficient (Wildman–Crippen LogP) is 6.99. The second-order valence-corrected chi connectivity index (χ2v) is 9.28. The van der Waals surface area contributed by atoms with Crippen molar-refractivity contribution >= 4 is 5.97 Å². The van der Waals surface area contributed by atoms with Gasteiger partial charge in [0.1, 0.15) is 11.5 Å². The van der Waals surface area contributed by atoms with E-state index in [-0.39, 0.29) is 11.4 Å². The first kappa shape index (κ1) is 22.4. The van der Waals surface area contributed by atoms with Crippen molar-refractivity contribution in [2.24, 2.45) is 5.41 Å². The Morgan fingerprint density at radius 3 is 2.07 bits per heavy atom. The molecule has 1 fully saturated rings. The molecule has 1 saturated carbocycles. The molecule has 0 saturated heterocycles. The van der Waals surface area contributed by atoms with Crippen molar-refractivity contribution in [1.29, 1.82) is 0 Å². The van der Waals surface area contributed by atoms with Gasteiger partial charge in [-0.3, -0.25) is 4.79 Å². The van der Waals surface area contributed by atoms with E-state index in [2.05, 4.69) is 24.3 Å². The number of carbonyl (C=O) groups is 1. The van der Waals surface area contributed by atoms with E-state index in [1.165, 1.54) is 30.4 Å². The topological polar surface area (TPSA) is 46.5 Å². The van der Waals surface area contributed by atoms with Gasteiger partial charge in [0.2, 0.25) is 0 Å². The first-order valence-corrected chi connectivity index (χ1v) is 11.4. The number of benzene rings is 2. The fourth-order valence-electron chi connectivity index (χ4n) is 4.68. The second-order valence-electron chi connectivity index (χ2n) is 9.28. The van der Waals surface area contributed by atoms with E-state index < -0.39 is 5.41 Å². The highest BCUT2D eigenvalue weighted by atomic mass is 16.5. The maximum absolute atomic E-state index is 12.7. The molecule has 0 unspecified atom stereocenters. The third-order valence-electron chi connectivity index (χ3n) is 7.44. The van der Waals surface area contributed by atoms with Crippen molar-refractivity contribution < 1.29 is 14.6 Å². The van der Waals surface area contributed by atoms with E-state index in [1.54, 1.807) is 0 Å². The molecule has 30 heavy (non-hydrogen) atoms. The quantitative estimate of drug-likeness (QED) is 0.414. The van der Waals surface area contributed by atoms with E-state index in [1.807, 2.05) is 46.8 Å². The van der Waals surface area contributed by atoms with E-state index in [0.29, 0.717) is 11.5 Å². The molecule has 2 aromatic carbocycles. The van der Waals surface area contributed by atoms with Crippen LogP contribution in [0.5, 0.6) is 11.5 Å². The van der Waals surface area contributed by atoms with Crippen molar-refractivity contribution in [2.75, 3.05) is 0 Å². The molecule has 3 nitrogen and oxygen atoms in total. The van der Waals surface area contributed by atoms with Crippen molar-refractivity contribution in [1.82, 2.24) is 0 Å². The van der Waals surface area contributed by atoms with Crippen LogP contribution < -0.4 is 4.74 Å². The molecule has 0 spiro atoms. The van der Waals surface area contributed by atoms with E-state index in [0.717, 1.165) is 36.8 Å². The number of aryl methyl sites for hydroxylation is 2. The Kier molecular flexibility index (Phi) is 6.59. The minimum absolute atomic E-state index is 0.0502. The average Bonchev–Trinajstić information content (AvgIpc) is 2.76. The monoisotopic (exact) mass is 408 g/mol. The van der Waals surface area contributed by atoms with Gasteiger partial charge in [0.15, 0.2) is 0 Å². The van der Waals surface area contributed by atoms with Crippen LogP contribution in [0.25, 0.3) is 0 Å². The summed E-state index contributed by atoms with van der Waals surface area (Å²) >= 11 is 0. The molecular weight excluding hydrogens is 372 g/mol. The number of ether oxygens (including phenoxy) is 1. The molecule has 0 heterocycles. The number of carbonyl (C=O) groups excluding carboxylic acids is 1. The van der Waals surface area contributed by atoms with Gasteiger partial charge in [-0.2, -0.15) is 0 Å². The normalized spacial score (nSPS) is 16.3. The summed E-state index contributed by atoms with van der Waals surface area (Å²) in [6.07, 6.45) is 7.38. The SMILES string of the molecule is CCC(C)(CC)C(=O)Oc1ccc(C2(c3ccc(O)c(C)c3)CCCCC2)cc1C.